The molecule has 27 heavy (non-hydrogen) atoms. The molecule has 0 spiro atoms. The van der Waals surface area contributed by atoms with E-state index in [1.54, 1.807) is 6.26 Å². The molecule has 0 aliphatic heterocycles. The zero-order chi connectivity index (χ0) is 18.3. The lowest BCUT2D eigenvalue weighted by Crippen LogP contribution is -2.06. The topological polar surface area (TPSA) is 31.0 Å². The van der Waals surface area contributed by atoms with Gasteiger partial charge in [0.1, 0.15) is 11.6 Å². The van der Waals surface area contributed by atoms with Crippen molar-refractivity contribution in [1.82, 2.24) is 9.55 Å². The monoisotopic (exact) mass is 354 g/mol. The zero-order valence-electron chi connectivity index (χ0n) is 15.2. The van der Waals surface area contributed by atoms with Crippen LogP contribution >= 0.6 is 0 Å². The maximum absolute atomic E-state index is 5.57. The van der Waals surface area contributed by atoms with Crippen LogP contribution in [0.4, 0.5) is 0 Å². The van der Waals surface area contributed by atoms with E-state index in [1.165, 1.54) is 11.1 Å². The quantitative estimate of drug-likeness (QED) is 0.417. The predicted molar refractivity (Wildman–Crippen MR) is 109 cm³/mol. The average molecular weight is 354 g/mol. The Kier molecular flexibility index (Phi) is 5.30. The summed E-state index contributed by atoms with van der Waals surface area (Å²) in [6.45, 7) is 0.689. The Balaban J connectivity index is 1.54. The number of rotatable bonds is 7. The fourth-order valence-corrected chi connectivity index (χ4v) is 3.18. The first-order chi connectivity index (χ1) is 13.4. The molecule has 0 fully saturated rings. The SMILES string of the molecule is C(=Cc1ccccc1)CCc1ncc(-c2ccccc2)n1Cc1ccco1. The number of benzene rings is 2. The minimum absolute atomic E-state index is 0.689. The van der Waals surface area contributed by atoms with Crippen LogP contribution in [0.2, 0.25) is 0 Å². The molecular formula is C24H22N2O. The van der Waals surface area contributed by atoms with E-state index in [0.29, 0.717) is 6.54 Å². The highest BCUT2D eigenvalue weighted by Gasteiger charge is 2.12. The first-order valence-electron chi connectivity index (χ1n) is 9.24. The van der Waals surface area contributed by atoms with Crippen LogP contribution in [0, 0.1) is 0 Å². The Morgan fingerprint density at radius 2 is 1.67 bits per heavy atom. The fraction of sp³-hybridized carbons (Fsp3) is 0.125. The highest BCUT2D eigenvalue weighted by molar-refractivity contribution is 5.59. The lowest BCUT2D eigenvalue weighted by atomic mass is 10.1. The second-order valence-electron chi connectivity index (χ2n) is 6.44. The molecule has 0 N–H and O–H groups in total. The molecule has 2 heterocycles. The van der Waals surface area contributed by atoms with Gasteiger partial charge in [0.25, 0.3) is 0 Å². The van der Waals surface area contributed by atoms with Gasteiger partial charge >= 0.3 is 0 Å². The van der Waals surface area contributed by atoms with Gasteiger partial charge < -0.3 is 8.98 Å². The van der Waals surface area contributed by atoms with Crippen molar-refractivity contribution in [3.05, 3.63) is 108 Å². The van der Waals surface area contributed by atoms with Crippen LogP contribution in [0.3, 0.4) is 0 Å². The molecule has 0 unspecified atom stereocenters. The van der Waals surface area contributed by atoms with Gasteiger partial charge in [-0.2, -0.15) is 0 Å². The zero-order valence-corrected chi connectivity index (χ0v) is 15.2. The Morgan fingerprint density at radius 1 is 0.889 bits per heavy atom. The molecule has 3 nitrogen and oxygen atoms in total. The van der Waals surface area contributed by atoms with E-state index < -0.39 is 0 Å². The van der Waals surface area contributed by atoms with E-state index in [4.69, 9.17) is 9.40 Å². The minimum Gasteiger partial charge on any atom is -0.467 e. The second kappa shape index (κ2) is 8.37. The Morgan fingerprint density at radius 3 is 2.41 bits per heavy atom. The lowest BCUT2D eigenvalue weighted by molar-refractivity contribution is 0.489. The van der Waals surface area contributed by atoms with Crippen LogP contribution in [0.5, 0.6) is 0 Å². The number of allylic oxidation sites excluding steroid dienone is 1. The van der Waals surface area contributed by atoms with Crippen LogP contribution in [0.1, 0.15) is 23.6 Å². The Labute approximate surface area is 159 Å². The molecule has 0 radical (unpaired) electrons. The first-order valence-corrected chi connectivity index (χ1v) is 9.24. The molecule has 2 aromatic heterocycles. The third kappa shape index (κ3) is 4.26. The third-order valence-electron chi connectivity index (χ3n) is 4.55. The number of nitrogens with zero attached hydrogens (tertiary/aromatic N) is 2. The molecule has 2 aromatic carbocycles. The van der Waals surface area contributed by atoms with Crippen molar-refractivity contribution in [1.29, 1.82) is 0 Å². The van der Waals surface area contributed by atoms with Gasteiger partial charge in [-0.15, -0.1) is 0 Å². The van der Waals surface area contributed by atoms with Crippen molar-refractivity contribution >= 4 is 6.08 Å². The van der Waals surface area contributed by atoms with Gasteiger partial charge in [-0.1, -0.05) is 72.8 Å². The van der Waals surface area contributed by atoms with E-state index in [0.717, 1.165) is 30.1 Å². The van der Waals surface area contributed by atoms with E-state index in [2.05, 4.69) is 65.3 Å². The van der Waals surface area contributed by atoms with Crippen LogP contribution in [0.15, 0.2) is 95.7 Å². The van der Waals surface area contributed by atoms with Crippen molar-refractivity contribution in [3.8, 4) is 11.3 Å². The van der Waals surface area contributed by atoms with E-state index in [1.807, 2.05) is 30.5 Å². The lowest BCUT2D eigenvalue weighted by Gasteiger charge is -2.10. The summed E-state index contributed by atoms with van der Waals surface area (Å²) in [7, 11) is 0. The van der Waals surface area contributed by atoms with Crippen LogP contribution < -0.4 is 0 Å². The molecule has 0 bridgehead atoms. The number of aryl methyl sites for hydroxylation is 1. The molecule has 4 aromatic rings. The van der Waals surface area contributed by atoms with Gasteiger partial charge in [0.15, 0.2) is 0 Å². The molecule has 3 heteroatoms. The molecular weight excluding hydrogens is 332 g/mol. The smallest absolute Gasteiger partial charge is 0.123 e. The van der Waals surface area contributed by atoms with E-state index in [-0.39, 0.29) is 0 Å². The molecule has 0 aliphatic carbocycles. The summed E-state index contributed by atoms with van der Waals surface area (Å²) in [4.78, 5) is 4.71. The normalized spacial score (nSPS) is 11.3. The molecule has 0 atom stereocenters. The predicted octanol–water partition coefficient (Wildman–Crippen LogP) is 5.84. The second-order valence-corrected chi connectivity index (χ2v) is 6.44. The van der Waals surface area contributed by atoms with Gasteiger partial charge in [-0.3, -0.25) is 0 Å². The van der Waals surface area contributed by atoms with Gasteiger partial charge in [-0.05, 0) is 29.7 Å². The van der Waals surface area contributed by atoms with E-state index in [9.17, 15) is 0 Å². The standard InChI is InChI=1S/C24H22N2O/c1-3-10-20(11-4-1)12-7-8-16-24-25-18-23(21-13-5-2-6-14-21)26(24)19-22-15-9-17-27-22/h1-7,9-15,17-18H,8,16,19H2. The van der Waals surface area contributed by atoms with Crippen molar-refractivity contribution < 1.29 is 4.42 Å². The van der Waals surface area contributed by atoms with E-state index >= 15 is 0 Å². The molecule has 0 aliphatic rings. The Hall–Kier alpha value is -3.33. The highest BCUT2D eigenvalue weighted by Crippen LogP contribution is 2.23. The van der Waals surface area contributed by atoms with Gasteiger partial charge in [-0.25, -0.2) is 4.98 Å². The summed E-state index contributed by atoms with van der Waals surface area (Å²) in [6, 6.07) is 24.7. The highest BCUT2D eigenvalue weighted by atomic mass is 16.3. The van der Waals surface area contributed by atoms with Gasteiger partial charge in [0.2, 0.25) is 0 Å². The summed E-state index contributed by atoms with van der Waals surface area (Å²) < 4.78 is 7.83. The molecule has 134 valence electrons. The third-order valence-corrected chi connectivity index (χ3v) is 4.55. The summed E-state index contributed by atoms with van der Waals surface area (Å²) in [5.74, 6) is 2.01. The van der Waals surface area contributed by atoms with Crippen LogP contribution in [-0.2, 0) is 13.0 Å². The van der Waals surface area contributed by atoms with Crippen molar-refractivity contribution in [2.24, 2.45) is 0 Å². The maximum Gasteiger partial charge on any atom is 0.123 e. The summed E-state index contributed by atoms with van der Waals surface area (Å²) >= 11 is 0. The molecule has 0 amide bonds. The fourth-order valence-electron chi connectivity index (χ4n) is 3.18. The minimum atomic E-state index is 0.689. The van der Waals surface area contributed by atoms with Gasteiger partial charge in [0, 0.05) is 6.42 Å². The number of aromatic nitrogens is 2. The van der Waals surface area contributed by atoms with Gasteiger partial charge in [0.05, 0.1) is 24.7 Å². The van der Waals surface area contributed by atoms with Crippen LogP contribution in [0.25, 0.3) is 17.3 Å². The molecule has 0 saturated heterocycles. The van der Waals surface area contributed by atoms with Crippen LogP contribution in [-0.4, -0.2) is 9.55 Å². The summed E-state index contributed by atoms with van der Waals surface area (Å²) in [5.41, 5.74) is 3.51. The average Bonchev–Trinajstić information content (AvgIpc) is 3.37. The summed E-state index contributed by atoms with van der Waals surface area (Å²) in [5, 5.41) is 0. The number of hydrogen-bond donors (Lipinski definition) is 0. The number of furan rings is 1. The van der Waals surface area contributed by atoms with Crippen molar-refractivity contribution in [2.75, 3.05) is 0 Å². The largest absolute Gasteiger partial charge is 0.467 e. The maximum atomic E-state index is 5.57. The Bertz CT molecular complexity index is 984. The number of imidazole rings is 1. The molecule has 0 saturated carbocycles. The number of hydrogen-bond acceptors (Lipinski definition) is 2. The molecule has 4 rings (SSSR count). The summed E-state index contributed by atoms with van der Waals surface area (Å²) in [6.07, 6.45) is 9.89. The van der Waals surface area contributed by atoms with Crippen molar-refractivity contribution in [2.45, 2.75) is 19.4 Å². The first kappa shape index (κ1) is 17.1. The van der Waals surface area contributed by atoms with Crippen molar-refractivity contribution in [3.63, 3.8) is 0 Å².